The van der Waals surface area contributed by atoms with Gasteiger partial charge in [-0.3, -0.25) is 4.79 Å². The largest absolute Gasteiger partial charge is 0.396 e. The number of rotatable bonds is 5. The topological polar surface area (TPSA) is 88.2 Å². The number of hydrogen-bond acceptors (Lipinski definition) is 5. The zero-order chi connectivity index (χ0) is 13.0. The number of hydrogen-bond donors (Lipinski definition) is 3. The van der Waals surface area contributed by atoms with Gasteiger partial charge >= 0.3 is 0 Å². The Kier molecular flexibility index (Phi) is 4.68. The molecular formula is C12H19N3O2S. The van der Waals surface area contributed by atoms with Gasteiger partial charge in [0.05, 0.1) is 5.01 Å². The van der Waals surface area contributed by atoms with Gasteiger partial charge in [-0.15, -0.1) is 11.3 Å². The Morgan fingerprint density at radius 2 is 2.44 bits per heavy atom. The summed E-state index contributed by atoms with van der Waals surface area (Å²) in [5, 5.41) is 14.8. The summed E-state index contributed by atoms with van der Waals surface area (Å²) >= 11 is 1.47. The van der Waals surface area contributed by atoms with Crippen LogP contribution in [0.25, 0.3) is 0 Å². The Morgan fingerprint density at radius 3 is 3.17 bits per heavy atom. The Balaban J connectivity index is 1.94. The van der Waals surface area contributed by atoms with Gasteiger partial charge in [-0.1, -0.05) is 6.42 Å². The van der Waals surface area contributed by atoms with Crippen molar-refractivity contribution in [3.8, 4) is 0 Å². The molecule has 5 nitrogen and oxygen atoms in total. The van der Waals surface area contributed by atoms with Gasteiger partial charge in [0.25, 0.3) is 5.91 Å². The molecule has 0 spiro atoms. The minimum atomic E-state index is -0.139. The molecule has 2 atom stereocenters. The second-order valence-corrected chi connectivity index (χ2v) is 5.56. The Labute approximate surface area is 110 Å². The molecule has 0 bridgehead atoms. The van der Waals surface area contributed by atoms with E-state index in [4.69, 9.17) is 5.73 Å². The lowest BCUT2D eigenvalue weighted by Gasteiger charge is -2.18. The van der Waals surface area contributed by atoms with Gasteiger partial charge in [-0.25, -0.2) is 4.98 Å². The molecule has 1 aliphatic rings. The molecule has 1 amide bonds. The molecule has 1 saturated carbocycles. The SMILES string of the molecule is NCCc1nc(C(=O)NC2CCCC2CO)cs1. The molecule has 18 heavy (non-hydrogen) atoms. The fraction of sp³-hybridized carbons (Fsp3) is 0.667. The van der Waals surface area contributed by atoms with Crippen molar-refractivity contribution in [1.82, 2.24) is 10.3 Å². The third-order valence-electron chi connectivity index (χ3n) is 3.35. The van der Waals surface area contributed by atoms with Crippen molar-refractivity contribution >= 4 is 17.2 Å². The van der Waals surface area contributed by atoms with E-state index in [1.165, 1.54) is 11.3 Å². The normalized spacial score (nSPS) is 23.2. The zero-order valence-electron chi connectivity index (χ0n) is 10.3. The van der Waals surface area contributed by atoms with E-state index in [2.05, 4.69) is 10.3 Å². The molecule has 6 heteroatoms. The summed E-state index contributed by atoms with van der Waals surface area (Å²) in [5.74, 6) is 0.0518. The van der Waals surface area contributed by atoms with Crippen molar-refractivity contribution < 1.29 is 9.90 Å². The van der Waals surface area contributed by atoms with Crippen molar-refractivity contribution in [3.05, 3.63) is 16.1 Å². The highest BCUT2D eigenvalue weighted by Crippen LogP contribution is 2.25. The number of aliphatic hydroxyl groups excluding tert-OH is 1. The maximum atomic E-state index is 12.0. The standard InChI is InChI=1S/C12H19N3O2S/c13-5-4-11-14-10(7-18-11)12(17)15-9-3-1-2-8(9)6-16/h7-9,16H,1-6,13H2,(H,15,17). The number of thiazole rings is 1. The maximum Gasteiger partial charge on any atom is 0.270 e. The first-order valence-corrected chi connectivity index (χ1v) is 7.18. The predicted octanol–water partition coefficient (Wildman–Crippen LogP) is 0.535. The van der Waals surface area contributed by atoms with Gasteiger partial charge in [-0.05, 0) is 19.4 Å². The summed E-state index contributed by atoms with van der Waals surface area (Å²) in [6.07, 6.45) is 3.69. The summed E-state index contributed by atoms with van der Waals surface area (Å²) < 4.78 is 0. The van der Waals surface area contributed by atoms with Crippen LogP contribution in [0.5, 0.6) is 0 Å². The van der Waals surface area contributed by atoms with Crippen molar-refractivity contribution in [2.75, 3.05) is 13.2 Å². The van der Waals surface area contributed by atoms with Crippen LogP contribution in [0.4, 0.5) is 0 Å². The van der Waals surface area contributed by atoms with E-state index in [1.54, 1.807) is 5.38 Å². The molecule has 2 unspecified atom stereocenters. The van der Waals surface area contributed by atoms with Gasteiger partial charge in [0.1, 0.15) is 5.69 Å². The van der Waals surface area contributed by atoms with Crippen LogP contribution in [-0.4, -0.2) is 35.2 Å². The first kappa shape index (κ1) is 13.5. The Hall–Kier alpha value is -0.980. The molecule has 1 aliphatic carbocycles. The lowest BCUT2D eigenvalue weighted by molar-refractivity contribution is 0.0911. The summed E-state index contributed by atoms with van der Waals surface area (Å²) in [6, 6.07) is 0.0853. The molecule has 1 aromatic rings. The van der Waals surface area contributed by atoms with Crippen molar-refractivity contribution in [3.63, 3.8) is 0 Å². The maximum absolute atomic E-state index is 12.0. The number of carbonyl (C=O) groups excluding carboxylic acids is 1. The molecule has 0 radical (unpaired) electrons. The fourth-order valence-electron chi connectivity index (χ4n) is 2.34. The summed E-state index contributed by atoms with van der Waals surface area (Å²) in [7, 11) is 0. The third-order valence-corrected chi connectivity index (χ3v) is 4.26. The van der Waals surface area contributed by atoms with Gasteiger partial charge < -0.3 is 16.2 Å². The molecule has 1 fully saturated rings. The summed E-state index contributed by atoms with van der Waals surface area (Å²) in [4.78, 5) is 16.3. The Bertz CT molecular complexity index is 408. The second kappa shape index (κ2) is 6.26. The molecule has 1 heterocycles. The number of aliphatic hydroxyl groups is 1. The number of amides is 1. The molecule has 0 aromatic carbocycles. The van der Waals surface area contributed by atoms with E-state index in [1.807, 2.05) is 0 Å². The van der Waals surface area contributed by atoms with Crippen molar-refractivity contribution in [1.29, 1.82) is 0 Å². The summed E-state index contributed by atoms with van der Waals surface area (Å²) in [5.41, 5.74) is 5.92. The molecule has 4 N–H and O–H groups in total. The lowest BCUT2D eigenvalue weighted by atomic mass is 10.1. The Morgan fingerprint density at radius 1 is 1.61 bits per heavy atom. The average molecular weight is 269 g/mol. The fourth-order valence-corrected chi connectivity index (χ4v) is 3.14. The molecule has 100 valence electrons. The molecular weight excluding hydrogens is 250 g/mol. The minimum absolute atomic E-state index is 0.0853. The molecule has 0 saturated heterocycles. The van der Waals surface area contributed by atoms with Crippen LogP contribution in [-0.2, 0) is 6.42 Å². The van der Waals surface area contributed by atoms with Crippen molar-refractivity contribution in [2.24, 2.45) is 11.7 Å². The van der Waals surface area contributed by atoms with Crippen LogP contribution in [0.2, 0.25) is 0 Å². The highest BCUT2D eigenvalue weighted by molar-refractivity contribution is 7.09. The van der Waals surface area contributed by atoms with E-state index >= 15 is 0 Å². The third kappa shape index (κ3) is 3.07. The number of nitrogens with one attached hydrogen (secondary N) is 1. The predicted molar refractivity (Wildman–Crippen MR) is 70.6 cm³/mol. The minimum Gasteiger partial charge on any atom is -0.396 e. The molecule has 1 aromatic heterocycles. The van der Waals surface area contributed by atoms with Crippen LogP contribution < -0.4 is 11.1 Å². The van der Waals surface area contributed by atoms with Crippen LogP contribution in [0.15, 0.2) is 5.38 Å². The van der Waals surface area contributed by atoms with Crippen LogP contribution in [0.1, 0.15) is 34.8 Å². The second-order valence-electron chi connectivity index (χ2n) is 4.62. The van der Waals surface area contributed by atoms with E-state index in [0.717, 1.165) is 24.3 Å². The number of carbonyl (C=O) groups is 1. The van der Waals surface area contributed by atoms with Crippen LogP contribution >= 0.6 is 11.3 Å². The van der Waals surface area contributed by atoms with Gasteiger partial charge in [0.2, 0.25) is 0 Å². The highest BCUT2D eigenvalue weighted by atomic mass is 32.1. The molecule has 2 rings (SSSR count). The summed E-state index contributed by atoms with van der Waals surface area (Å²) in [6.45, 7) is 0.685. The zero-order valence-corrected chi connectivity index (χ0v) is 11.1. The van der Waals surface area contributed by atoms with Crippen LogP contribution in [0, 0.1) is 5.92 Å². The van der Waals surface area contributed by atoms with E-state index < -0.39 is 0 Å². The van der Waals surface area contributed by atoms with Crippen LogP contribution in [0.3, 0.4) is 0 Å². The highest BCUT2D eigenvalue weighted by Gasteiger charge is 2.28. The monoisotopic (exact) mass is 269 g/mol. The van der Waals surface area contributed by atoms with E-state index in [9.17, 15) is 9.90 Å². The lowest BCUT2D eigenvalue weighted by Crippen LogP contribution is -2.38. The number of nitrogens with two attached hydrogens (primary N) is 1. The average Bonchev–Trinajstić information content (AvgIpc) is 2.98. The first-order valence-electron chi connectivity index (χ1n) is 6.30. The van der Waals surface area contributed by atoms with Gasteiger partial charge in [0, 0.05) is 30.4 Å². The quantitative estimate of drug-likeness (QED) is 0.728. The first-order chi connectivity index (χ1) is 8.74. The van der Waals surface area contributed by atoms with Crippen molar-refractivity contribution in [2.45, 2.75) is 31.7 Å². The van der Waals surface area contributed by atoms with Gasteiger partial charge in [-0.2, -0.15) is 0 Å². The van der Waals surface area contributed by atoms with E-state index in [-0.39, 0.29) is 24.5 Å². The number of aromatic nitrogens is 1. The number of nitrogens with zero attached hydrogens (tertiary/aromatic N) is 1. The van der Waals surface area contributed by atoms with E-state index in [0.29, 0.717) is 18.7 Å². The molecule has 0 aliphatic heterocycles. The van der Waals surface area contributed by atoms with Gasteiger partial charge in [0.15, 0.2) is 0 Å². The smallest absolute Gasteiger partial charge is 0.270 e.